The van der Waals surface area contributed by atoms with E-state index < -0.39 is 5.97 Å². The van der Waals surface area contributed by atoms with Gasteiger partial charge in [0.2, 0.25) is 0 Å². The number of hydrogen-bond acceptors (Lipinski definition) is 4. The van der Waals surface area contributed by atoms with E-state index in [2.05, 4.69) is 14.9 Å². The lowest BCUT2D eigenvalue weighted by Gasteiger charge is -2.03. The summed E-state index contributed by atoms with van der Waals surface area (Å²) in [6.45, 7) is 1.78. The monoisotopic (exact) mass is 218 g/mol. The molecule has 1 N–H and O–H groups in total. The van der Waals surface area contributed by atoms with Crippen LogP contribution in [0.2, 0.25) is 0 Å². The lowest BCUT2D eigenvalue weighted by molar-refractivity contribution is 0.0600. The fraction of sp³-hybridized carbons (Fsp3) is 0.182. The number of aromatic amines is 1. The number of benzene rings is 1. The number of ether oxygens (including phenoxy) is 1. The van der Waals surface area contributed by atoms with Crippen LogP contribution in [0.25, 0.3) is 10.9 Å². The van der Waals surface area contributed by atoms with Crippen LogP contribution >= 0.6 is 0 Å². The molecule has 82 valence electrons. The van der Waals surface area contributed by atoms with E-state index in [0.29, 0.717) is 28.4 Å². The summed E-state index contributed by atoms with van der Waals surface area (Å²) in [5.41, 5.74) is 2.20. The summed E-state index contributed by atoms with van der Waals surface area (Å²) in [5.74, 6) is -0.407. The standard InChI is InChI=1S/C11H10N2O3/c1-6-3-8-9(12-13-10(8)5-14)4-7(6)11(15)16-2/h3-5H,1-2H3,(H,12,13). The second-order valence-corrected chi connectivity index (χ2v) is 3.43. The van der Waals surface area contributed by atoms with Gasteiger partial charge in [-0.25, -0.2) is 4.79 Å². The van der Waals surface area contributed by atoms with Gasteiger partial charge in [-0.15, -0.1) is 0 Å². The summed E-state index contributed by atoms with van der Waals surface area (Å²) in [6, 6.07) is 3.36. The number of esters is 1. The third kappa shape index (κ3) is 1.46. The first-order valence-corrected chi connectivity index (χ1v) is 4.69. The molecule has 1 aromatic heterocycles. The summed E-state index contributed by atoms with van der Waals surface area (Å²) in [7, 11) is 1.33. The smallest absolute Gasteiger partial charge is 0.338 e. The molecule has 2 rings (SSSR count). The van der Waals surface area contributed by atoms with Gasteiger partial charge in [0.15, 0.2) is 6.29 Å². The predicted molar refractivity (Wildman–Crippen MR) is 57.6 cm³/mol. The molecule has 1 aromatic carbocycles. The van der Waals surface area contributed by atoms with Gasteiger partial charge in [0.05, 0.1) is 18.2 Å². The molecule has 2 aromatic rings. The molecule has 0 saturated heterocycles. The second-order valence-electron chi connectivity index (χ2n) is 3.43. The van der Waals surface area contributed by atoms with Gasteiger partial charge in [0.25, 0.3) is 0 Å². The van der Waals surface area contributed by atoms with Crippen LogP contribution in [0.5, 0.6) is 0 Å². The van der Waals surface area contributed by atoms with Crippen LogP contribution in [0.4, 0.5) is 0 Å². The minimum atomic E-state index is -0.407. The Hall–Kier alpha value is -2.17. The van der Waals surface area contributed by atoms with Crippen molar-refractivity contribution < 1.29 is 14.3 Å². The molecule has 5 nitrogen and oxygen atoms in total. The number of rotatable bonds is 2. The maximum absolute atomic E-state index is 11.4. The van der Waals surface area contributed by atoms with E-state index >= 15 is 0 Å². The van der Waals surface area contributed by atoms with Crippen molar-refractivity contribution in [3.8, 4) is 0 Å². The molecule has 0 amide bonds. The Bertz CT molecular complexity index is 572. The molecule has 0 saturated carbocycles. The summed E-state index contributed by atoms with van der Waals surface area (Å²) in [5, 5.41) is 7.26. The van der Waals surface area contributed by atoms with Gasteiger partial charge in [0.1, 0.15) is 5.69 Å². The quantitative estimate of drug-likeness (QED) is 0.612. The molecule has 0 fully saturated rings. The summed E-state index contributed by atoms with van der Waals surface area (Å²) in [4.78, 5) is 22.1. The number of H-pyrrole nitrogens is 1. The van der Waals surface area contributed by atoms with Crippen molar-refractivity contribution >= 4 is 23.2 Å². The first-order chi connectivity index (χ1) is 7.67. The molecule has 5 heteroatoms. The number of nitrogens with zero attached hydrogens (tertiary/aromatic N) is 1. The lowest BCUT2D eigenvalue weighted by Crippen LogP contribution is -2.03. The molecule has 0 atom stereocenters. The number of carbonyl (C=O) groups is 2. The van der Waals surface area contributed by atoms with Crippen molar-refractivity contribution in [2.45, 2.75) is 6.92 Å². The highest BCUT2D eigenvalue weighted by Gasteiger charge is 2.13. The zero-order valence-electron chi connectivity index (χ0n) is 8.90. The first kappa shape index (κ1) is 10.4. The Kier molecular flexibility index (Phi) is 2.44. The molecule has 1 heterocycles. The number of aromatic nitrogens is 2. The zero-order chi connectivity index (χ0) is 11.7. The van der Waals surface area contributed by atoms with Crippen LogP contribution < -0.4 is 0 Å². The molecule has 0 bridgehead atoms. The van der Waals surface area contributed by atoms with Crippen molar-refractivity contribution in [2.24, 2.45) is 0 Å². The Morgan fingerprint density at radius 1 is 1.50 bits per heavy atom. The van der Waals surface area contributed by atoms with Gasteiger partial charge >= 0.3 is 5.97 Å². The Morgan fingerprint density at radius 2 is 2.25 bits per heavy atom. The highest BCUT2D eigenvalue weighted by Crippen LogP contribution is 2.20. The Balaban J connectivity index is 2.68. The van der Waals surface area contributed by atoms with E-state index in [0.717, 1.165) is 5.56 Å². The fourth-order valence-corrected chi connectivity index (χ4v) is 1.61. The normalized spacial score (nSPS) is 10.4. The Labute approximate surface area is 91.4 Å². The predicted octanol–water partition coefficient (Wildman–Crippen LogP) is 1.47. The van der Waals surface area contributed by atoms with Crippen LogP contribution in [0.3, 0.4) is 0 Å². The minimum Gasteiger partial charge on any atom is -0.465 e. The number of hydrogen-bond donors (Lipinski definition) is 1. The topological polar surface area (TPSA) is 72.0 Å². The maximum atomic E-state index is 11.4. The van der Waals surface area contributed by atoms with Crippen LogP contribution in [0, 0.1) is 6.92 Å². The molecular weight excluding hydrogens is 208 g/mol. The highest BCUT2D eigenvalue weighted by molar-refractivity contribution is 6.00. The molecule has 0 unspecified atom stereocenters. The van der Waals surface area contributed by atoms with Gasteiger partial charge in [0, 0.05) is 5.39 Å². The molecule has 0 aliphatic rings. The second kappa shape index (κ2) is 3.77. The van der Waals surface area contributed by atoms with Gasteiger partial charge in [-0.2, -0.15) is 5.10 Å². The van der Waals surface area contributed by atoms with E-state index in [9.17, 15) is 9.59 Å². The van der Waals surface area contributed by atoms with E-state index in [-0.39, 0.29) is 0 Å². The Morgan fingerprint density at radius 3 is 2.88 bits per heavy atom. The largest absolute Gasteiger partial charge is 0.465 e. The van der Waals surface area contributed by atoms with E-state index in [1.54, 1.807) is 19.1 Å². The summed E-state index contributed by atoms with van der Waals surface area (Å²) >= 11 is 0. The molecule has 0 aliphatic heterocycles. The van der Waals surface area contributed by atoms with Gasteiger partial charge in [-0.1, -0.05) is 0 Å². The van der Waals surface area contributed by atoms with Crippen molar-refractivity contribution in [1.82, 2.24) is 10.2 Å². The summed E-state index contributed by atoms with van der Waals surface area (Å²) in [6.07, 6.45) is 0.701. The van der Waals surface area contributed by atoms with E-state index in [4.69, 9.17) is 0 Å². The van der Waals surface area contributed by atoms with Crippen LogP contribution in [-0.2, 0) is 4.74 Å². The SMILES string of the molecule is COC(=O)c1cc2n[nH]c(C=O)c2cc1C. The number of aldehydes is 1. The van der Waals surface area contributed by atoms with Crippen molar-refractivity contribution in [3.05, 3.63) is 29.0 Å². The van der Waals surface area contributed by atoms with E-state index in [1.165, 1.54) is 7.11 Å². The van der Waals surface area contributed by atoms with E-state index in [1.807, 2.05) is 0 Å². The van der Waals surface area contributed by atoms with Crippen molar-refractivity contribution in [1.29, 1.82) is 0 Å². The third-order valence-electron chi connectivity index (χ3n) is 2.45. The van der Waals surface area contributed by atoms with Gasteiger partial charge < -0.3 is 4.74 Å². The molecular formula is C11H10N2O3. The van der Waals surface area contributed by atoms with Crippen LogP contribution in [-0.4, -0.2) is 29.6 Å². The average Bonchev–Trinajstić information content (AvgIpc) is 2.69. The number of nitrogens with one attached hydrogen (secondary N) is 1. The highest BCUT2D eigenvalue weighted by atomic mass is 16.5. The summed E-state index contributed by atoms with van der Waals surface area (Å²) < 4.78 is 4.65. The lowest BCUT2D eigenvalue weighted by atomic mass is 10.1. The average molecular weight is 218 g/mol. The number of methoxy groups -OCH3 is 1. The van der Waals surface area contributed by atoms with Crippen molar-refractivity contribution in [2.75, 3.05) is 7.11 Å². The molecule has 16 heavy (non-hydrogen) atoms. The zero-order valence-corrected chi connectivity index (χ0v) is 8.90. The minimum absolute atomic E-state index is 0.407. The number of fused-ring (bicyclic) bond motifs is 1. The molecule has 0 radical (unpaired) electrons. The first-order valence-electron chi connectivity index (χ1n) is 4.69. The van der Waals surface area contributed by atoms with Crippen molar-refractivity contribution in [3.63, 3.8) is 0 Å². The van der Waals surface area contributed by atoms with Gasteiger partial charge in [-0.05, 0) is 24.6 Å². The number of aryl methyl sites for hydroxylation is 1. The van der Waals surface area contributed by atoms with Gasteiger partial charge in [-0.3, -0.25) is 9.89 Å². The molecule has 0 spiro atoms. The van der Waals surface area contributed by atoms with Crippen LogP contribution in [0.1, 0.15) is 26.4 Å². The molecule has 0 aliphatic carbocycles. The third-order valence-corrected chi connectivity index (χ3v) is 2.45. The van der Waals surface area contributed by atoms with Crippen LogP contribution in [0.15, 0.2) is 12.1 Å². The number of carbonyl (C=O) groups excluding carboxylic acids is 2. The maximum Gasteiger partial charge on any atom is 0.338 e. The fourth-order valence-electron chi connectivity index (χ4n) is 1.61.